The van der Waals surface area contributed by atoms with Crippen LogP contribution in [0.5, 0.6) is 5.75 Å². The smallest absolute Gasteiger partial charge is 0.168 e. The maximum atomic E-state index is 5.30. The van der Waals surface area contributed by atoms with Gasteiger partial charge in [0, 0.05) is 98.8 Å². The van der Waals surface area contributed by atoms with E-state index in [1.54, 1.807) is 18.6 Å². The maximum absolute atomic E-state index is 5.30. The van der Waals surface area contributed by atoms with Gasteiger partial charge in [0.15, 0.2) is 17.4 Å². The predicted molar refractivity (Wildman–Crippen MR) is 268 cm³/mol. The minimum Gasteiger partial charge on any atom is -0.488 e. The van der Waals surface area contributed by atoms with Crippen LogP contribution in [0.15, 0.2) is 109 Å². The Bertz CT molecular complexity index is 1930. The summed E-state index contributed by atoms with van der Waals surface area (Å²) in [5.41, 5.74) is 6.36. The lowest BCUT2D eigenvalue weighted by Gasteiger charge is -2.17. The molecule has 1 aliphatic carbocycles. The molecule has 346 valence electrons. The van der Waals surface area contributed by atoms with Gasteiger partial charge in [-0.05, 0) is 135 Å². The molecule has 0 radical (unpaired) electrons. The van der Waals surface area contributed by atoms with Crippen LogP contribution in [0.25, 0.3) is 0 Å². The lowest BCUT2D eigenvalue weighted by atomic mass is 10.1. The van der Waals surface area contributed by atoms with E-state index in [0.717, 1.165) is 124 Å². The molecule has 6 aromatic heterocycles. The number of pyridine rings is 5. The van der Waals surface area contributed by atoms with E-state index in [0.29, 0.717) is 0 Å². The minimum atomic E-state index is 0.735. The summed E-state index contributed by atoms with van der Waals surface area (Å²) in [7, 11) is 0. The van der Waals surface area contributed by atoms with Crippen LogP contribution >= 0.6 is 11.8 Å². The molecule has 2 atom stereocenters. The highest BCUT2D eigenvalue weighted by molar-refractivity contribution is 7.99. The highest BCUT2D eigenvalue weighted by Crippen LogP contribution is 2.30. The van der Waals surface area contributed by atoms with Crippen molar-refractivity contribution in [3.05, 3.63) is 121 Å². The van der Waals surface area contributed by atoms with Crippen molar-refractivity contribution in [3.8, 4) is 5.75 Å². The van der Waals surface area contributed by atoms with Crippen molar-refractivity contribution < 1.29 is 4.74 Å². The molecule has 66 heavy (non-hydrogen) atoms. The van der Waals surface area contributed by atoms with E-state index >= 15 is 0 Å². The standard InChI is InChI=1S/C8H10N2.2C7H9N3.C7H8N2O.C7H8N2S.C7H8N2.C6H11N/c1-2-7-6-9-5-3-8(7)10-4-1;1-2-6-3-5-9-10-7(6)8-4-1;1-2-6-7(9-3-1)10-5-4-8-6;2*1-2-6-7(8-3-1)9-4-5-10-6;1-2-6-3-5-9-7(6)8-4-1;1-2-6-3-5(1)4-7-6/h3,5-6,10H,1-2,4H2;3,5H,1-2,4H2,(H,8,10);1-3,8H,4-5H2,(H,9,10);2*1-3H,4-5H2,(H,8,9);1-2,4H,3,5H2,(H,8,9);5-7H,1-4H2. The summed E-state index contributed by atoms with van der Waals surface area (Å²) in [6.07, 6.45) is 23.0. The second kappa shape index (κ2) is 25.3. The van der Waals surface area contributed by atoms with Crippen LogP contribution in [0, 0.1) is 5.92 Å². The van der Waals surface area contributed by atoms with Gasteiger partial charge in [0.25, 0.3) is 0 Å². The van der Waals surface area contributed by atoms with Gasteiger partial charge in [-0.1, -0.05) is 6.07 Å². The van der Waals surface area contributed by atoms with Gasteiger partial charge in [0.05, 0.1) is 18.4 Å². The quantitative estimate of drug-likeness (QED) is 0.0746. The third-order valence-electron chi connectivity index (χ3n) is 11.8. The van der Waals surface area contributed by atoms with Crippen molar-refractivity contribution in [2.45, 2.75) is 62.3 Å². The molecule has 8 N–H and O–H groups in total. The highest BCUT2D eigenvalue weighted by atomic mass is 32.2. The Morgan fingerprint density at radius 2 is 1.24 bits per heavy atom. The third-order valence-corrected chi connectivity index (χ3v) is 12.8. The topological polar surface area (TPSA) is 196 Å². The molecule has 0 aromatic carbocycles. The zero-order valence-corrected chi connectivity index (χ0v) is 38.5. The number of hydrogen-bond acceptors (Lipinski definition) is 17. The summed E-state index contributed by atoms with van der Waals surface area (Å²) in [6, 6.07) is 20.9. The lowest BCUT2D eigenvalue weighted by molar-refractivity contribution is 0.321. The number of nitrogens with one attached hydrogen (secondary N) is 8. The molecular weight excluding hydrogens is 847 g/mol. The van der Waals surface area contributed by atoms with Crippen molar-refractivity contribution in [2.24, 2.45) is 5.92 Å². The average molecular weight is 910 g/mol. The van der Waals surface area contributed by atoms with Gasteiger partial charge < -0.3 is 47.3 Å². The molecule has 8 aliphatic rings. The molecule has 0 amide bonds. The molecule has 2 unspecified atom stereocenters. The first-order valence-electron chi connectivity index (χ1n) is 23.4. The van der Waals surface area contributed by atoms with Crippen LogP contribution < -0.4 is 47.3 Å². The summed E-state index contributed by atoms with van der Waals surface area (Å²) in [5, 5.41) is 33.7. The van der Waals surface area contributed by atoms with E-state index < -0.39 is 0 Å². The third kappa shape index (κ3) is 14.0. The van der Waals surface area contributed by atoms with E-state index in [-0.39, 0.29) is 0 Å². The van der Waals surface area contributed by atoms with Gasteiger partial charge in [-0.15, -0.1) is 16.9 Å². The molecule has 13 heterocycles. The normalized spacial score (nSPS) is 18.7. The first-order chi connectivity index (χ1) is 32.7. The fourth-order valence-corrected chi connectivity index (χ4v) is 9.26. The fourth-order valence-electron chi connectivity index (χ4n) is 8.40. The zero-order valence-electron chi connectivity index (χ0n) is 37.6. The molecule has 0 spiro atoms. The second-order valence-electron chi connectivity index (χ2n) is 16.5. The first-order valence-corrected chi connectivity index (χ1v) is 24.4. The van der Waals surface area contributed by atoms with E-state index in [4.69, 9.17) is 4.74 Å². The summed E-state index contributed by atoms with van der Waals surface area (Å²) < 4.78 is 5.30. The molecular formula is C49H63N15OS. The SMILES string of the molecule is C1CC2CC1CN2.c1cc2c(cn1)CCCN2.c1cc2c(nn1)NCCC2.c1cnc2c(c1)CCN2.c1cnc2c(c1)NCCN2.c1cnc2c(c1)OCCN2.c1cnc2c(c1)SCCN2. The Morgan fingerprint density at radius 1 is 0.530 bits per heavy atom. The molecule has 2 fully saturated rings. The molecule has 6 aromatic rings. The minimum absolute atomic E-state index is 0.735. The van der Waals surface area contributed by atoms with Gasteiger partial charge >= 0.3 is 0 Å². The van der Waals surface area contributed by atoms with Crippen molar-refractivity contribution >= 4 is 52.2 Å². The number of fused-ring (bicyclic) bond motifs is 8. The Morgan fingerprint density at radius 3 is 2.00 bits per heavy atom. The molecule has 17 heteroatoms. The van der Waals surface area contributed by atoms with Crippen LogP contribution in [-0.2, 0) is 19.3 Å². The second-order valence-corrected chi connectivity index (χ2v) is 17.6. The van der Waals surface area contributed by atoms with Crippen molar-refractivity contribution in [2.75, 3.05) is 102 Å². The summed E-state index contributed by atoms with van der Waals surface area (Å²) in [4.78, 5) is 21.9. The van der Waals surface area contributed by atoms with Crippen LogP contribution in [0.1, 0.15) is 48.8 Å². The fraction of sp³-hybridized carbons (Fsp3) is 0.408. The van der Waals surface area contributed by atoms with E-state index in [1.807, 2.05) is 85.1 Å². The number of piperidine rings is 1. The molecule has 1 saturated carbocycles. The number of hydrogen-bond donors (Lipinski definition) is 8. The predicted octanol–water partition coefficient (Wildman–Crippen LogP) is 7.49. The molecule has 14 rings (SSSR count). The highest BCUT2D eigenvalue weighted by Gasteiger charge is 2.30. The van der Waals surface area contributed by atoms with Gasteiger partial charge in [-0.25, -0.2) is 19.9 Å². The molecule has 7 aliphatic heterocycles. The number of nitrogens with zero attached hydrogens (tertiary/aromatic N) is 7. The molecule has 16 nitrogen and oxygen atoms in total. The van der Waals surface area contributed by atoms with Gasteiger partial charge in [0.2, 0.25) is 0 Å². The average Bonchev–Trinajstić information content (AvgIpc) is 4.21. The summed E-state index contributed by atoms with van der Waals surface area (Å²) in [5.74, 6) is 7.96. The van der Waals surface area contributed by atoms with E-state index in [2.05, 4.69) is 89.8 Å². The van der Waals surface area contributed by atoms with Crippen LogP contribution in [-0.4, -0.2) is 106 Å². The Hall–Kier alpha value is -6.46. The van der Waals surface area contributed by atoms with Gasteiger partial charge in [-0.2, -0.15) is 5.10 Å². The first kappa shape index (κ1) is 46.1. The van der Waals surface area contributed by atoms with Gasteiger partial charge in [0.1, 0.15) is 24.1 Å². The zero-order chi connectivity index (χ0) is 44.9. The summed E-state index contributed by atoms with van der Waals surface area (Å²) >= 11 is 1.86. The maximum Gasteiger partial charge on any atom is 0.168 e. The molecule has 2 bridgehead atoms. The number of aromatic nitrogens is 7. The largest absolute Gasteiger partial charge is 0.488 e. The molecule has 1 saturated heterocycles. The van der Waals surface area contributed by atoms with Crippen molar-refractivity contribution in [1.82, 2.24) is 40.4 Å². The summed E-state index contributed by atoms with van der Waals surface area (Å²) in [6.45, 7) is 9.07. The van der Waals surface area contributed by atoms with E-state index in [9.17, 15) is 0 Å². The Labute approximate surface area is 392 Å². The monoisotopic (exact) mass is 910 g/mol. The van der Waals surface area contributed by atoms with Crippen LogP contribution in [0.2, 0.25) is 0 Å². The van der Waals surface area contributed by atoms with Crippen LogP contribution in [0.3, 0.4) is 0 Å². The van der Waals surface area contributed by atoms with Crippen molar-refractivity contribution in [1.29, 1.82) is 0 Å². The number of aryl methyl sites for hydroxylation is 2. The van der Waals surface area contributed by atoms with Crippen LogP contribution in [0.4, 0.5) is 40.5 Å². The number of anilines is 7. The number of rotatable bonds is 0. The van der Waals surface area contributed by atoms with Crippen molar-refractivity contribution in [3.63, 3.8) is 0 Å². The number of ether oxygens (including phenoxy) is 1. The van der Waals surface area contributed by atoms with Gasteiger partial charge in [-0.3, -0.25) is 4.98 Å². The van der Waals surface area contributed by atoms with E-state index in [1.165, 1.54) is 72.3 Å². The lowest BCUT2D eigenvalue weighted by Crippen LogP contribution is -2.23. The Balaban J connectivity index is 0.000000105. The Kier molecular flexibility index (Phi) is 17.7. The number of thioether (sulfide) groups is 1.